The minimum absolute atomic E-state index is 0. The van der Waals surface area contributed by atoms with Crippen molar-refractivity contribution in [3.8, 4) is 0 Å². The Morgan fingerprint density at radius 3 is 1.00 bits per heavy atom. The molecule has 0 fully saturated rings. The second kappa shape index (κ2) is 13.2. The van der Waals surface area contributed by atoms with Gasteiger partial charge in [0, 0.05) is 0 Å². The quantitative estimate of drug-likeness (QED) is 0.185. The van der Waals surface area contributed by atoms with Crippen LogP contribution in [0, 0.1) is 0 Å². The molecule has 0 aliphatic heterocycles. The number of hydrogen-bond acceptors (Lipinski definition) is 5. The number of hydrogen-bond donors (Lipinski definition) is 6. The summed E-state index contributed by atoms with van der Waals surface area (Å²) in [5.41, 5.74) is 0. The summed E-state index contributed by atoms with van der Waals surface area (Å²) in [7, 11) is -9.81. The first-order chi connectivity index (χ1) is 4.00. The minimum Gasteiger partial charge on any atom is -1.00 e. The zero-order chi connectivity index (χ0) is 9.00. The molecule has 0 spiro atoms. The third-order valence-corrected chi connectivity index (χ3v) is 0. The molecule has 0 amide bonds. The fraction of sp³-hybridized carbons (Fsp3) is 0. The molecule has 0 aliphatic rings. The maximum atomic E-state index is 8.74. The first kappa shape index (κ1) is 36.8. The zero-order valence-electron chi connectivity index (χ0n) is 7.62. The molecule has 0 saturated heterocycles. The summed E-state index contributed by atoms with van der Waals surface area (Å²) >= 11 is 0. The average Bonchev–Trinajstić information content (AvgIpc) is 1.12. The van der Waals surface area contributed by atoms with Gasteiger partial charge in [0.1, 0.15) is 0 Å². The first-order valence-electron chi connectivity index (χ1n) is 1.45. The van der Waals surface area contributed by atoms with Gasteiger partial charge in [-0.2, -0.15) is 8.42 Å². The van der Waals surface area contributed by atoms with E-state index in [1.165, 1.54) is 0 Å². The van der Waals surface area contributed by atoms with Gasteiger partial charge in [-0.15, -0.1) is 0 Å². The minimum atomic E-state index is -5.14. The Labute approximate surface area is 86.5 Å². The van der Waals surface area contributed by atoms with Crippen LogP contribution in [0.2, 0.25) is 0 Å². The lowest BCUT2D eigenvalue weighted by Crippen LogP contribution is -3.00. The van der Waals surface area contributed by atoms with Crippen LogP contribution in [0.25, 0.3) is 0 Å². The Bertz CT molecular complexity index is 202. The van der Waals surface area contributed by atoms with Crippen molar-refractivity contribution in [2.75, 3.05) is 0 Å². The molecule has 0 atom stereocenters. The van der Waals surface area contributed by atoms with Crippen LogP contribution in [-0.4, -0.2) is 22.4 Å². The van der Waals surface area contributed by atoms with Crippen molar-refractivity contribution in [1.82, 2.24) is 18.5 Å². The Balaban J connectivity index is -0.0000000178. The summed E-state index contributed by atoms with van der Waals surface area (Å²) in [4.78, 5) is 24.3. The molecular weight excluding hydrogens is 269 g/mol. The fourth-order valence-electron chi connectivity index (χ4n) is 0. The number of halogens is 1. The van der Waals surface area contributed by atoms with Gasteiger partial charge >= 0.3 is 10.4 Å². The number of phosphoric acid groups is 1. The summed E-state index contributed by atoms with van der Waals surface area (Å²) in [6, 6.07) is 0. The fourth-order valence-corrected chi connectivity index (χ4v) is 0. The molecule has 0 aromatic rings. The monoisotopic (exact) mass is 283 g/mol. The Morgan fingerprint density at radius 1 is 1.00 bits per heavy atom. The lowest BCUT2D eigenvalue weighted by molar-refractivity contribution is -0.337. The molecule has 0 radical (unpaired) electrons. The van der Waals surface area contributed by atoms with E-state index in [-0.39, 0.29) is 30.9 Å². The highest BCUT2D eigenvalue weighted by Crippen LogP contribution is 2.11. The van der Waals surface area contributed by atoms with Crippen molar-refractivity contribution in [2.24, 2.45) is 0 Å². The molecule has 0 heterocycles. The van der Waals surface area contributed by atoms with E-state index in [2.05, 4.69) is 0 Å². The van der Waals surface area contributed by atoms with Crippen LogP contribution < -0.4 is 40.6 Å². The highest BCUT2D eigenvalue weighted by molar-refractivity contribution is 7.79. The van der Waals surface area contributed by atoms with Crippen LogP contribution in [0.1, 0.15) is 0 Å². The number of rotatable bonds is 0. The van der Waals surface area contributed by atoms with E-state index in [1.54, 1.807) is 0 Å². The predicted octanol–water partition coefficient (Wildman–Crippen LogP) is -4.71. The molecule has 0 rings (SSSR count). The van der Waals surface area contributed by atoms with Crippen LogP contribution >= 0.6 is 7.82 Å². The van der Waals surface area contributed by atoms with Crippen molar-refractivity contribution in [1.29, 1.82) is 0 Å². The summed E-state index contributed by atoms with van der Waals surface area (Å²) in [6.07, 6.45) is 0. The third kappa shape index (κ3) is 67100. The normalized spacial score (nSPS) is 8.36. The molecule has 14 heavy (non-hydrogen) atoms. The van der Waals surface area contributed by atoms with Gasteiger partial charge in [-0.05, 0) is 0 Å². The van der Waals surface area contributed by atoms with E-state index in [1.807, 2.05) is 0 Å². The number of quaternary nitrogens is 3. The van der Waals surface area contributed by atoms with Gasteiger partial charge in [0.2, 0.25) is 0 Å². The van der Waals surface area contributed by atoms with Gasteiger partial charge in [0.05, 0.1) is 7.82 Å². The maximum Gasteiger partial charge on any atom is 0.394 e. The van der Waals surface area contributed by atoms with Gasteiger partial charge in [0.15, 0.2) is 0 Å². The SMILES string of the molecule is O=P([O-])([O-])O.O=S(=O)(O)O.[Cl-].[NH4+].[NH4+].[NH4+]. The van der Waals surface area contributed by atoms with Crippen molar-refractivity contribution in [3.63, 3.8) is 0 Å². The third-order valence-electron chi connectivity index (χ3n) is 0. The highest BCUT2D eigenvalue weighted by atomic mass is 35.5. The topological polar surface area (TPSA) is 268 Å². The average molecular weight is 284 g/mol. The highest BCUT2D eigenvalue weighted by Gasteiger charge is 1.84. The lowest BCUT2D eigenvalue weighted by Gasteiger charge is -2.19. The molecule has 96 valence electrons. The Hall–Kier alpha value is 0.150. The van der Waals surface area contributed by atoms with Crippen LogP contribution in [0.3, 0.4) is 0 Å². The maximum absolute atomic E-state index is 8.74. The molecule has 0 bridgehead atoms. The smallest absolute Gasteiger partial charge is 0.394 e. The van der Waals surface area contributed by atoms with Gasteiger partial charge in [0.25, 0.3) is 0 Å². The van der Waals surface area contributed by atoms with E-state index in [9.17, 15) is 0 Å². The van der Waals surface area contributed by atoms with Crippen LogP contribution in [0.5, 0.6) is 0 Å². The van der Waals surface area contributed by atoms with E-state index < -0.39 is 18.2 Å². The Morgan fingerprint density at radius 2 is 1.00 bits per heavy atom. The van der Waals surface area contributed by atoms with E-state index in [0.29, 0.717) is 0 Å². The summed E-state index contributed by atoms with van der Waals surface area (Å²) in [6.45, 7) is 0. The van der Waals surface area contributed by atoms with E-state index in [4.69, 9.17) is 36.8 Å². The van der Waals surface area contributed by atoms with Crippen molar-refractivity contribution in [3.05, 3.63) is 0 Å². The van der Waals surface area contributed by atoms with Gasteiger partial charge < -0.3 is 50.1 Å². The van der Waals surface area contributed by atoms with E-state index in [0.717, 1.165) is 0 Å². The molecule has 11 nitrogen and oxygen atoms in total. The molecular formula is H15ClN3O8PS. The van der Waals surface area contributed by atoms with Crippen LogP contribution in [0.15, 0.2) is 0 Å². The molecule has 15 N–H and O–H groups in total. The van der Waals surface area contributed by atoms with Gasteiger partial charge in [-0.1, -0.05) is 0 Å². The second-order valence-electron chi connectivity index (χ2n) is 0.916. The molecule has 0 aromatic heterocycles. The molecule has 0 saturated carbocycles. The molecule has 0 unspecified atom stereocenters. The standard InChI is InChI=1S/ClH.3H3N.H3O4P.H2O4S/c;;;;2*1-5(2,3)4/h1H;3*1H3;(H3,1,2,3,4);(H2,1,2,3,4). The zero-order valence-corrected chi connectivity index (χ0v) is 10.1. The van der Waals surface area contributed by atoms with Crippen molar-refractivity contribution in [2.45, 2.75) is 0 Å². The summed E-state index contributed by atoms with van der Waals surface area (Å²) in [5.74, 6) is 0. The molecule has 0 aliphatic carbocycles. The van der Waals surface area contributed by atoms with Gasteiger partial charge in [-0.3, -0.25) is 9.11 Å². The van der Waals surface area contributed by atoms with Gasteiger partial charge in [-0.25, -0.2) is 0 Å². The molecule has 0 aromatic carbocycles. The van der Waals surface area contributed by atoms with Crippen LogP contribution in [0.4, 0.5) is 0 Å². The largest absolute Gasteiger partial charge is 1.00 e. The van der Waals surface area contributed by atoms with E-state index >= 15 is 0 Å². The van der Waals surface area contributed by atoms with Crippen molar-refractivity contribution < 1.29 is 49.2 Å². The Kier molecular flexibility index (Phi) is 34.6. The molecule has 14 heteroatoms. The summed E-state index contributed by atoms with van der Waals surface area (Å²) in [5, 5.41) is 0. The lowest BCUT2D eigenvalue weighted by atomic mass is 14.0. The van der Waals surface area contributed by atoms with Crippen molar-refractivity contribution >= 4 is 18.2 Å². The van der Waals surface area contributed by atoms with Crippen LogP contribution in [-0.2, 0) is 15.0 Å². The first-order valence-corrected chi connectivity index (χ1v) is 4.34. The predicted molar refractivity (Wildman–Crippen MR) is 42.0 cm³/mol. The second-order valence-corrected chi connectivity index (χ2v) is 2.75. The summed E-state index contributed by atoms with van der Waals surface area (Å²) < 4.78 is 40.2.